The van der Waals surface area contributed by atoms with Crippen LogP contribution in [0.5, 0.6) is 0 Å². The molecule has 0 aliphatic heterocycles. The van der Waals surface area contributed by atoms with Gasteiger partial charge < -0.3 is 20.9 Å². The molecule has 0 aromatic heterocycles. The predicted octanol–water partition coefficient (Wildman–Crippen LogP) is -1.24. The van der Waals surface area contributed by atoms with Crippen LogP contribution in [0, 0.1) is 0 Å². The van der Waals surface area contributed by atoms with Crippen molar-refractivity contribution in [2.75, 3.05) is 13.7 Å². The first-order valence-corrected chi connectivity index (χ1v) is 4.81. The number of hydrogen-bond acceptors (Lipinski definition) is 5. The highest BCUT2D eigenvalue weighted by Gasteiger charge is 2.22. The number of aliphatic hydroxyl groups is 1. The van der Waals surface area contributed by atoms with Gasteiger partial charge in [0.15, 0.2) is 0 Å². The van der Waals surface area contributed by atoms with Gasteiger partial charge in [0.1, 0.15) is 12.6 Å². The fourth-order valence-corrected chi connectivity index (χ4v) is 1.02. The molecule has 2 atom stereocenters. The summed E-state index contributed by atoms with van der Waals surface area (Å²) in [6.07, 6.45) is 0.0459. The number of aliphatic hydroxyl groups excluding tert-OH is 1. The second-order valence-electron chi connectivity index (χ2n) is 3.19. The third kappa shape index (κ3) is 5.34. The number of ether oxygens (including phenoxy) is 1. The molecule has 0 rings (SSSR count). The quantitative estimate of drug-likeness (QED) is 0.484. The maximum absolute atomic E-state index is 11.2. The highest BCUT2D eigenvalue weighted by Crippen LogP contribution is 1.99. The van der Waals surface area contributed by atoms with Gasteiger partial charge in [-0.1, -0.05) is 13.3 Å². The van der Waals surface area contributed by atoms with Crippen molar-refractivity contribution < 1.29 is 19.4 Å². The average molecular weight is 218 g/mol. The van der Waals surface area contributed by atoms with Gasteiger partial charge in [-0.25, -0.2) is 0 Å². The Morgan fingerprint density at radius 1 is 1.53 bits per heavy atom. The molecule has 0 radical (unpaired) electrons. The monoisotopic (exact) mass is 218 g/mol. The van der Waals surface area contributed by atoms with Crippen LogP contribution in [0.2, 0.25) is 0 Å². The van der Waals surface area contributed by atoms with Crippen molar-refractivity contribution in [1.82, 2.24) is 5.32 Å². The first kappa shape index (κ1) is 13.9. The predicted molar refractivity (Wildman–Crippen MR) is 53.9 cm³/mol. The number of nitrogens with two attached hydrogens (primary N) is 1. The van der Waals surface area contributed by atoms with Crippen LogP contribution < -0.4 is 11.1 Å². The van der Waals surface area contributed by atoms with Gasteiger partial charge in [0, 0.05) is 6.04 Å². The van der Waals surface area contributed by atoms with E-state index in [-0.39, 0.29) is 6.54 Å². The third-order valence-electron chi connectivity index (χ3n) is 1.93. The number of methoxy groups -OCH3 is 1. The van der Waals surface area contributed by atoms with E-state index < -0.39 is 24.0 Å². The highest BCUT2D eigenvalue weighted by atomic mass is 16.5. The Balaban J connectivity index is 3.93. The molecule has 88 valence electrons. The summed E-state index contributed by atoms with van der Waals surface area (Å²) < 4.78 is 4.32. The van der Waals surface area contributed by atoms with E-state index in [1.807, 2.05) is 6.92 Å². The maximum Gasteiger partial charge on any atom is 0.325 e. The van der Waals surface area contributed by atoms with E-state index in [9.17, 15) is 14.7 Å². The van der Waals surface area contributed by atoms with Crippen molar-refractivity contribution in [2.45, 2.75) is 31.9 Å². The molecule has 6 nitrogen and oxygen atoms in total. The molecule has 6 heteroatoms. The average Bonchev–Trinajstić information content (AvgIpc) is 2.24. The van der Waals surface area contributed by atoms with Gasteiger partial charge in [-0.05, 0) is 6.42 Å². The molecular weight excluding hydrogens is 200 g/mol. The van der Waals surface area contributed by atoms with Crippen LogP contribution in [0.25, 0.3) is 0 Å². The molecule has 0 aliphatic carbocycles. The van der Waals surface area contributed by atoms with Gasteiger partial charge in [0.25, 0.3) is 5.91 Å². The number of carbonyl (C=O) groups excluding carboxylic acids is 2. The van der Waals surface area contributed by atoms with Crippen molar-refractivity contribution in [3.8, 4) is 0 Å². The molecule has 0 saturated carbocycles. The summed E-state index contributed by atoms with van der Waals surface area (Å²) in [5.74, 6) is -1.22. The lowest BCUT2D eigenvalue weighted by atomic mass is 10.1. The standard InChI is InChI=1S/C9H18N2O4/c1-3-4-6(10)8(13)9(14)11-5-7(12)15-2/h6,8,13H,3-5,10H2,1-2H3,(H,11,14). The van der Waals surface area contributed by atoms with Gasteiger partial charge in [0.2, 0.25) is 0 Å². The van der Waals surface area contributed by atoms with Crippen LogP contribution in [0.3, 0.4) is 0 Å². The SMILES string of the molecule is CCCC(N)C(O)C(=O)NCC(=O)OC. The number of amides is 1. The van der Waals surface area contributed by atoms with Gasteiger partial charge >= 0.3 is 5.97 Å². The van der Waals surface area contributed by atoms with E-state index >= 15 is 0 Å². The second kappa shape index (κ2) is 7.19. The fraction of sp³-hybridized carbons (Fsp3) is 0.778. The number of carbonyl (C=O) groups is 2. The lowest BCUT2D eigenvalue weighted by molar-refractivity contribution is -0.142. The molecule has 2 unspecified atom stereocenters. The first-order valence-electron chi connectivity index (χ1n) is 4.81. The smallest absolute Gasteiger partial charge is 0.325 e. The second-order valence-corrected chi connectivity index (χ2v) is 3.19. The third-order valence-corrected chi connectivity index (χ3v) is 1.93. The first-order chi connectivity index (χ1) is 7.02. The summed E-state index contributed by atoms with van der Waals surface area (Å²) in [5, 5.41) is 11.6. The van der Waals surface area contributed by atoms with Crippen molar-refractivity contribution >= 4 is 11.9 Å². The van der Waals surface area contributed by atoms with Crippen molar-refractivity contribution in [3.63, 3.8) is 0 Å². The Labute approximate surface area is 88.8 Å². The lowest BCUT2D eigenvalue weighted by Crippen LogP contribution is -2.47. The van der Waals surface area contributed by atoms with Crippen LogP contribution in [0.4, 0.5) is 0 Å². The summed E-state index contributed by atoms with van der Waals surface area (Å²) in [4.78, 5) is 21.9. The van der Waals surface area contributed by atoms with E-state index in [1.165, 1.54) is 7.11 Å². The number of hydrogen-bond donors (Lipinski definition) is 3. The van der Waals surface area contributed by atoms with Crippen LogP contribution >= 0.6 is 0 Å². The minimum absolute atomic E-state index is 0.259. The van der Waals surface area contributed by atoms with Gasteiger partial charge in [-0.15, -0.1) is 0 Å². The lowest BCUT2D eigenvalue weighted by Gasteiger charge is -2.17. The van der Waals surface area contributed by atoms with Crippen LogP contribution in [0.1, 0.15) is 19.8 Å². The minimum atomic E-state index is -1.28. The molecule has 15 heavy (non-hydrogen) atoms. The molecule has 1 amide bonds. The summed E-state index contributed by atoms with van der Waals surface area (Å²) in [6, 6.07) is -0.604. The molecule has 0 saturated heterocycles. The Morgan fingerprint density at radius 3 is 2.60 bits per heavy atom. The Kier molecular flexibility index (Phi) is 6.64. The largest absolute Gasteiger partial charge is 0.468 e. The van der Waals surface area contributed by atoms with E-state index in [0.29, 0.717) is 6.42 Å². The van der Waals surface area contributed by atoms with Gasteiger partial charge in [0.05, 0.1) is 7.11 Å². The summed E-state index contributed by atoms with van der Waals surface area (Å²) >= 11 is 0. The summed E-state index contributed by atoms with van der Waals surface area (Å²) in [5.41, 5.74) is 5.54. The molecule has 0 aliphatic rings. The van der Waals surface area contributed by atoms with Crippen LogP contribution in [-0.4, -0.2) is 42.8 Å². The normalized spacial score (nSPS) is 14.1. The molecule has 0 spiro atoms. The zero-order valence-corrected chi connectivity index (χ0v) is 9.03. The number of esters is 1. The van der Waals surface area contributed by atoms with Crippen molar-refractivity contribution in [2.24, 2.45) is 5.73 Å². The zero-order valence-electron chi connectivity index (χ0n) is 9.03. The minimum Gasteiger partial charge on any atom is -0.468 e. The number of nitrogens with one attached hydrogen (secondary N) is 1. The Bertz CT molecular complexity index is 220. The summed E-state index contributed by atoms with van der Waals surface area (Å²) in [7, 11) is 1.22. The summed E-state index contributed by atoms with van der Waals surface area (Å²) in [6.45, 7) is 1.64. The molecule has 0 aromatic rings. The zero-order chi connectivity index (χ0) is 11.8. The van der Waals surface area contributed by atoms with Gasteiger partial charge in [-0.2, -0.15) is 0 Å². The molecule has 0 bridgehead atoms. The van der Waals surface area contributed by atoms with Crippen molar-refractivity contribution in [3.05, 3.63) is 0 Å². The fourth-order valence-electron chi connectivity index (χ4n) is 1.02. The van der Waals surface area contributed by atoms with Crippen LogP contribution in [0.15, 0.2) is 0 Å². The van der Waals surface area contributed by atoms with Crippen molar-refractivity contribution in [1.29, 1.82) is 0 Å². The molecule has 4 N–H and O–H groups in total. The molecule has 0 fully saturated rings. The van der Waals surface area contributed by atoms with E-state index in [1.54, 1.807) is 0 Å². The van der Waals surface area contributed by atoms with Crippen LogP contribution in [-0.2, 0) is 14.3 Å². The van der Waals surface area contributed by atoms with E-state index in [2.05, 4.69) is 10.1 Å². The van der Waals surface area contributed by atoms with E-state index in [4.69, 9.17) is 5.73 Å². The Morgan fingerprint density at radius 2 is 2.13 bits per heavy atom. The van der Waals surface area contributed by atoms with Gasteiger partial charge in [-0.3, -0.25) is 9.59 Å². The molecule has 0 heterocycles. The molecule has 0 aromatic carbocycles. The maximum atomic E-state index is 11.2. The Hall–Kier alpha value is -1.14. The highest BCUT2D eigenvalue weighted by molar-refractivity contribution is 5.85. The number of rotatable bonds is 6. The van der Waals surface area contributed by atoms with E-state index in [0.717, 1.165) is 6.42 Å². The topological polar surface area (TPSA) is 102 Å². The molecular formula is C9H18N2O4.